The Kier molecular flexibility index (Phi) is 3.80. The summed E-state index contributed by atoms with van der Waals surface area (Å²) >= 11 is 5.73. The standard InChI is InChI=1S/C11H11ClFNO4S/c12-8-6-7(13)3-4-10(8)19(17,18)14-5-1-2-9(14)11(15)16/h3-4,6,9H,1-2,5H2,(H,15,16)/t9-/m0/s1. The second-order valence-electron chi connectivity index (χ2n) is 4.19. The molecule has 0 aromatic heterocycles. The van der Waals surface area contributed by atoms with Gasteiger partial charge < -0.3 is 5.11 Å². The number of aliphatic carboxylic acids is 1. The third-order valence-corrected chi connectivity index (χ3v) is 5.36. The van der Waals surface area contributed by atoms with Crippen LogP contribution >= 0.6 is 11.6 Å². The van der Waals surface area contributed by atoms with E-state index in [-0.39, 0.29) is 22.9 Å². The van der Waals surface area contributed by atoms with E-state index in [4.69, 9.17) is 16.7 Å². The van der Waals surface area contributed by atoms with Gasteiger partial charge in [0.1, 0.15) is 16.8 Å². The Morgan fingerprint density at radius 1 is 1.47 bits per heavy atom. The average Bonchev–Trinajstić information content (AvgIpc) is 2.77. The molecule has 1 saturated heterocycles. The van der Waals surface area contributed by atoms with Gasteiger partial charge in [-0.25, -0.2) is 12.8 Å². The molecule has 2 rings (SSSR count). The van der Waals surface area contributed by atoms with Crippen LogP contribution < -0.4 is 0 Å². The first-order valence-corrected chi connectivity index (χ1v) is 7.35. The molecule has 0 unspecified atom stereocenters. The number of carbonyl (C=O) groups is 1. The van der Waals surface area contributed by atoms with Gasteiger partial charge in [-0.3, -0.25) is 4.79 Å². The summed E-state index contributed by atoms with van der Waals surface area (Å²) in [6.45, 7) is 0.118. The van der Waals surface area contributed by atoms with Crippen LogP contribution in [0.15, 0.2) is 23.1 Å². The highest BCUT2D eigenvalue weighted by Gasteiger charge is 2.40. The number of hydrogen-bond acceptors (Lipinski definition) is 3. The maximum atomic E-state index is 12.9. The van der Waals surface area contributed by atoms with E-state index in [1.807, 2.05) is 0 Å². The van der Waals surface area contributed by atoms with Crippen molar-refractivity contribution in [1.82, 2.24) is 4.31 Å². The zero-order valence-electron chi connectivity index (χ0n) is 9.71. The van der Waals surface area contributed by atoms with Gasteiger partial charge in [0, 0.05) is 6.54 Å². The molecule has 1 heterocycles. The molecule has 1 aromatic carbocycles. The summed E-state index contributed by atoms with van der Waals surface area (Å²) in [4.78, 5) is 10.8. The zero-order valence-corrected chi connectivity index (χ0v) is 11.3. The number of sulfonamides is 1. The molecule has 5 nitrogen and oxygen atoms in total. The minimum atomic E-state index is -4.03. The molecule has 1 N–H and O–H groups in total. The topological polar surface area (TPSA) is 74.7 Å². The number of nitrogens with zero attached hydrogens (tertiary/aromatic N) is 1. The van der Waals surface area contributed by atoms with Crippen molar-refractivity contribution in [2.45, 2.75) is 23.8 Å². The van der Waals surface area contributed by atoms with Crippen LogP contribution in [0.1, 0.15) is 12.8 Å². The molecule has 104 valence electrons. The molecular weight excluding hydrogens is 297 g/mol. The predicted molar refractivity (Wildman–Crippen MR) is 66.0 cm³/mol. The van der Waals surface area contributed by atoms with Gasteiger partial charge in [-0.15, -0.1) is 0 Å². The quantitative estimate of drug-likeness (QED) is 0.922. The lowest BCUT2D eigenvalue weighted by atomic mass is 10.2. The van der Waals surface area contributed by atoms with Crippen molar-refractivity contribution >= 4 is 27.6 Å². The first kappa shape index (κ1) is 14.2. The van der Waals surface area contributed by atoms with Gasteiger partial charge in [-0.05, 0) is 31.0 Å². The molecule has 0 spiro atoms. The number of hydrogen-bond donors (Lipinski definition) is 1. The van der Waals surface area contributed by atoms with Crippen molar-refractivity contribution in [3.8, 4) is 0 Å². The molecule has 0 bridgehead atoms. The van der Waals surface area contributed by atoms with Crippen LogP contribution in [0.4, 0.5) is 4.39 Å². The molecule has 1 fully saturated rings. The van der Waals surface area contributed by atoms with E-state index in [0.29, 0.717) is 6.42 Å². The maximum Gasteiger partial charge on any atom is 0.322 e. The molecule has 0 saturated carbocycles. The van der Waals surface area contributed by atoms with E-state index in [9.17, 15) is 17.6 Å². The van der Waals surface area contributed by atoms with Crippen LogP contribution in [0.5, 0.6) is 0 Å². The molecule has 8 heteroatoms. The summed E-state index contributed by atoms with van der Waals surface area (Å²) in [5, 5.41) is 8.75. The van der Waals surface area contributed by atoms with Crippen molar-refractivity contribution in [3.05, 3.63) is 29.0 Å². The summed E-state index contributed by atoms with van der Waals surface area (Å²) in [5.74, 6) is -1.85. The highest BCUT2D eigenvalue weighted by Crippen LogP contribution is 2.30. The zero-order chi connectivity index (χ0) is 14.2. The van der Waals surface area contributed by atoms with Crippen molar-refractivity contribution < 1.29 is 22.7 Å². The Labute approximate surface area is 114 Å². The second kappa shape index (κ2) is 5.07. The van der Waals surface area contributed by atoms with Gasteiger partial charge in [-0.1, -0.05) is 11.6 Å². The fourth-order valence-electron chi connectivity index (χ4n) is 2.09. The van der Waals surface area contributed by atoms with E-state index in [0.717, 1.165) is 22.5 Å². The Balaban J connectivity index is 2.45. The molecule has 19 heavy (non-hydrogen) atoms. The number of carboxylic acids is 1. The summed E-state index contributed by atoms with van der Waals surface area (Å²) in [7, 11) is -4.03. The minimum Gasteiger partial charge on any atom is -0.480 e. The van der Waals surface area contributed by atoms with Gasteiger partial charge in [-0.2, -0.15) is 4.31 Å². The molecule has 0 aliphatic carbocycles. The monoisotopic (exact) mass is 307 g/mol. The van der Waals surface area contributed by atoms with Crippen molar-refractivity contribution in [3.63, 3.8) is 0 Å². The van der Waals surface area contributed by atoms with Crippen LogP contribution in [0, 0.1) is 5.82 Å². The summed E-state index contributed by atoms with van der Waals surface area (Å²) in [5.41, 5.74) is 0. The molecule has 1 aliphatic heterocycles. The lowest BCUT2D eigenvalue weighted by Gasteiger charge is -2.21. The molecule has 1 atom stereocenters. The third-order valence-electron chi connectivity index (χ3n) is 2.97. The lowest BCUT2D eigenvalue weighted by Crippen LogP contribution is -2.40. The summed E-state index contributed by atoms with van der Waals surface area (Å²) in [6, 6.07) is 1.82. The molecule has 0 radical (unpaired) electrons. The Morgan fingerprint density at radius 2 is 2.16 bits per heavy atom. The van der Waals surface area contributed by atoms with E-state index in [2.05, 4.69) is 0 Å². The normalized spacial score (nSPS) is 20.6. The number of rotatable bonds is 3. The van der Waals surface area contributed by atoms with Crippen LogP contribution in [-0.2, 0) is 14.8 Å². The van der Waals surface area contributed by atoms with Gasteiger partial charge in [0.15, 0.2) is 0 Å². The van der Waals surface area contributed by atoms with Gasteiger partial charge in [0.05, 0.1) is 5.02 Å². The fraction of sp³-hybridized carbons (Fsp3) is 0.364. The summed E-state index contributed by atoms with van der Waals surface area (Å²) in [6.07, 6.45) is 0.725. The first-order valence-electron chi connectivity index (χ1n) is 5.54. The molecule has 0 amide bonds. The Hall–Kier alpha value is -1.18. The van der Waals surface area contributed by atoms with E-state index in [1.54, 1.807) is 0 Å². The van der Waals surface area contributed by atoms with Gasteiger partial charge in [0.25, 0.3) is 0 Å². The highest BCUT2D eigenvalue weighted by atomic mass is 35.5. The van der Waals surface area contributed by atoms with Crippen LogP contribution in [0.25, 0.3) is 0 Å². The van der Waals surface area contributed by atoms with Crippen molar-refractivity contribution in [1.29, 1.82) is 0 Å². The number of benzene rings is 1. The third kappa shape index (κ3) is 2.58. The highest BCUT2D eigenvalue weighted by molar-refractivity contribution is 7.89. The molecule has 1 aliphatic rings. The fourth-order valence-corrected chi connectivity index (χ4v) is 4.24. The number of halogens is 2. The maximum absolute atomic E-state index is 12.9. The van der Waals surface area contributed by atoms with E-state index in [1.165, 1.54) is 0 Å². The molecule has 1 aromatic rings. The van der Waals surface area contributed by atoms with Gasteiger partial charge in [0.2, 0.25) is 10.0 Å². The SMILES string of the molecule is O=C(O)[C@@H]1CCCN1S(=O)(=O)c1ccc(F)cc1Cl. The van der Waals surface area contributed by atoms with E-state index >= 15 is 0 Å². The van der Waals surface area contributed by atoms with Crippen molar-refractivity contribution in [2.75, 3.05) is 6.54 Å². The Bertz CT molecular complexity index is 619. The molecular formula is C11H11ClFNO4S. The average molecular weight is 308 g/mol. The van der Waals surface area contributed by atoms with Crippen LogP contribution in [-0.4, -0.2) is 36.4 Å². The van der Waals surface area contributed by atoms with E-state index < -0.39 is 27.9 Å². The first-order chi connectivity index (χ1) is 8.84. The lowest BCUT2D eigenvalue weighted by molar-refractivity contribution is -0.140. The van der Waals surface area contributed by atoms with Gasteiger partial charge >= 0.3 is 5.97 Å². The van der Waals surface area contributed by atoms with Crippen molar-refractivity contribution in [2.24, 2.45) is 0 Å². The minimum absolute atomic E-state index is 0.118. The van der Waals surface area contributed by atoms with Crippen LogP contribution in [0.2, 0.25) is 5.02 Å². The number of carboxylic acid groups (broad SMARTS) is 1. The Morgan fingerprint density at radius 3 is 2.74 bits per heavy atom. The predicted octanol–water partition coefficient (Wildman–Crippen LogP) is 1.72. The largest absolute Gasteiger partial charge is 0.480 e. The summed E-state index contributed by atoms with van der Waals surface area (Å²) < 4.78 is 38.5. The smallest absolute Gasteiger partial charge is 0.322 e. The van der Waals surface area contributed by atoms with Crippen LogP contribution in [0.3, 0.4) is 0 Å². The second-order valence-corrected chi connectivity index (χ2v) is 6.45.